The molecule has 1 heterocycles. The highest BCUT2D eigenvalue weighted by Crippen LogP contribution is 2.09. The first-order valence-electron chi connectivity index (χ1n) is 4.24. The standard InChI is InChI=1S/C8H14N4O2/c1-5(9)4-6-10-7(13-2)12-8(11-6)14-3/h5H,4,9H2,1-3H3. The van der Waals surface area contributed by atoms with Gasteiger partial charge in [0.2, 0.25) is 0 Å². The topological polar surface area (TPSA) is 83.2 Å². The molecule has 2 N–H and O–H groups in total. The van der Waals surface area contributed by atoms with E-state index >= 15 is 0 Å². The zero-order valence-corrected chi connectivity index (χ0v) is 8.52. The summed E-state index contributed by atoms with van der Waals surface area (Å²) in [4.78, 5) is 11.9. The maximum atomic E-state index is 5.63. The molecular formula is C8H14N4O2. The van der Waals surface area contributed by atoms with Crippen molar-refractivity contribution >= 4 is 0 Å². The average Bonchev–Trinajstić information content (AvgIpc) is 2.16. The SMILES string of the molecule is COc1nc(CC(C)N)nc(OC)n1. The van der Waals surface area contributed by atoms with E-state index in [1.165, 1.54) is 14.2 Å². The molecule has 1 aromatic heterocycles. The van der Waals surface area contributed by atoms with Gasteiger partial charge in [-0.3, -0.25) is 0 Å². The van der Waals surface area contributed by atoms with Crippen molar-refractivity contribution < 1.29 is 9.47 Å². The molecule has 0 spiro atoms. The highest BCUT2D eigenvalue weighted by Gasteiger charge is 2.08. The fraction of sp³-hybridized carbons (Fsp3) is 0.625. The predicted octanol–water partition coefficient (Wildman–Crippen LogP) is -0.222. The van der Waals surface area contributed by atoms with Gasteiger partial charge in [-0.25, -0.2) is 0 Å². The van der Waals surface area contributed by atoms with E-state index in [9.17, 15) is 0 Å². The Kier molecular flexibility index (Phi) is 3.58. The summed E-state index contributed by atoms with van der Waals surface area (Å²) in [5.74, 6) is 0.573. The average molecular weight is 198 g/mol. The molecule has 0 aliphatic heterocycles. The van der Waals surface area contributed by atoms with E-state index in [4.69, 9.17) is 15.2 Å². The Morgan fingerprint density at radius 2 is 1.64 bits per heavy atom. The molecular weight excluding hydrogens is 184 g/mol. The molecule has 1 aromatic rings. The number of aromatic nitrogens is 3. The third-order valence-corrected chi connectivity index (χ3v) is 1.51. The Balaban J connectivity index is 2.92. The summed E-state index contributed by atoms with van der Waals surface area (Å²) in [5.41, 5.74) is 5.63. The van der Waals surface area contributed by atoms with Crippen molar-refractivity contribution in [2.45, 2.75) is 19.4 Å². The van der Waals surface area contributed by atoms with Crippen LogP contribution in [-0.2, 0) is 6.42 Å². The van der Waals surface area contributed by atoms with Gasteiger partial charge in [0.05, 0.1) is 14.2 Å². The molecule has 0 aliphatic rings. The first-order valence-corrected chi connectivity index (χ1v) is 4.24. The Hall–Kier alpha value is -1.43. The maximum Gasteiger partial charge on any atom is 0.322 e. The van der Waals surface area contributed by atoms with Gasteiger partial charge in [0.1, 0.15) is 5.82 Å². The number of hydrogen-bond acceptors (Lipinski definition) is 6. The van der Waals surface area contributed by atoms with E-state index in [0.29, 0.717) is 12.2 Å². The molecule has 0 fully saturated rings. The summed E-state index contributed by atoms with van der Waals surface area (Å²) in [7, 11) is 2.98. The lowest BCUT2D eigenvalue weighted by atomic mass is 10.2. The second kappa shape index (κ2) is 4.71. The molecule has 1 atom stereocenters. The van der Waals surface area contributed by atoms with Crippen molar-refractivity contribution in [3.63, 3.8) is 0 Å². The van der Waals surface area contributed by atoms with Crippen LogP contribution in [-0.4, -0.2) is 35.2 Å². The fourth-order valence-electron chi connectivity index (χ4n) is 0.939. The molecule has 0 radical (unpaired) electrons. The molecule has 6 nitrogen and oxygen atoms in total. The molecule has 0 bridgehead atoms. The van der Waals surface area contributed by atoms with Gasteiger partial charge in [0, 0.05) is 12.5 Å². The number of methoxy groups -OCH3 is 2. The number of rotatable bonds is 4. The van der Waals surface area contributed by atoms with Gasteiger partial charge in [0.25, 0.3) is 0 Å². The summed E-state index contributed by atoms with van der Waals surface area (Å²) < 4.78 is 9.79. The molecule has 0 amide bonds. The van der Waals surface area contributed by atoms with Gasteiger partial charge in [-0.2, -0.15) is 9.97 Å². The van der Waals surface area contributed by atoms with E-state index in [0.717, 1.165) is 0 Å². The second-order valence-corrected chi connectivity index (χ2v) is 2.91. The Morgan fingerprint density at radius 3 is 2.00 bits per heavy atom. The van der Waals surface area contributed by atoms with Crippen molar-refractivity contribution in [3.05, 3.63) is 5.82 Å². The second-order valence-electron chi connectivity index (χ2n) is 2.91. The lowest BCUT2D eigenvalue weighted by Crippen LogP contribution is -2.20. The van der Waals surface area contributed by atoms with E-state index in [1.807, 2.05) is 6.92 Å². The summed E-state index contributed by atoms with van der Waals surface area (Å²) in [6, 6.07) is 0.479. The van der Waals surface area contributed by atoms with Gasteiger partial charge in [-0.15, -0.1) is 4.98 Å². The molecule has 1 unspecified atom stereocenters. The van der Waals surface area contributed by atoms with Gasteiger partial charge >= 0.3 is 12.0 Å². The monoisotopic (exact) mass is 198 g/mol. The van der Waals surface area contributed by atoms with E-state index in [1.54, 1.807) is 0 Å². The highest BCUT2D eigenvalue weighted by molar-refractivity contribution is 5.05. The van der Waals surface area contributed by atoms with Crippen LogP contribution in [0.25, 0.3) is 0 Å². The maximum absolute atomic E-state index is 5.63. The van der Waals surface area contributed by atoms with Crippen molar-refractivity contribution in [3.8, 4) is 12.0 Å². The highest BCUT2D eigenvalue weighted by atomic mass is 16.5. The molecule has 0 saturated heterocycles. The van der Waals surface area contributed by atoms with Gasteiger partial charge < -0.3 is 15.2 Å². The van der Waals surface area contributed by atoms with Crippen LogP contribution in [0.2, 0.25) is 0 Å². The molecule has 1 rings (SSSR count). The fourth-order valence-corrected chi connectivity index (χ4v) is 0.939. The lowest BCUT2D eigenvalue weighted by molar-refractivity contribution is 0.335. The normalized spacial score (nSPS) is 12.3. The number of nitrogens with two attached hydrogens (primary N) is 1. The van der Waals surface area contributed by atoms with Gasteiger partial charge in [-0.05, 0) is 6.92 Å². The lowest BCUT2D eigenvalue weighted by Gasteiger charge is -2.06. The smallest absolute Gasteiger partial charge is 0.322 e. The Labute approximate surface area is 82.5 Å². The summed E-state index contributed by atoms with van der Waals surface area (Å²) in [5, 5.41) is 0. The van der Waals surface area contributed by atoms with Crippen molar-refractivity contribution in [2.24, 2.45) is 5.73 Å². The van der Waals surface area contributed by atoms with Crippen molar-refractivity contribution in [1.29, 1.82) is 0 Å². The van der Waals surface area contributed by atoms with Crippen LogP contribution >= 0.6 is 0 Å². The molecule has 14 heavy (non-hydrogen) atoms. The van der Waals surface area contributed by atoms with Gasteiger partial charge in [-0.1, -0.05) is 0 Å². The van der Waals surface area contributed by atoms with Crippen LogP contribution in [0.3, 0.4) is 0 Å². The predicted molar refractivity (Wildman–Crippen MR) is 50.3 cm³/mol. The van der Waals surface area contributed by atoms with Gasteiger partial charge in [0.15, 0.2) is 0 Å². The molecule has 0 aromatic carbocycles. The van der Waals surface area contributed by atoms with Crippen LogP contribution in [0.4, 0.5) is 0 Å². The third-order valence-electron chi connectivity index (χ3n) is 1.51. The zero-order chi connectivity index (χ0) is 10.6. The minimum atomic E-state index is -0.00758. The van der Waals surface area contributed by atoms with Crippen molar-refractivity contribution in [2.75, 3.05) is 14.2 Å². The number of hydrogen-bond donors (Lipinski definition) is 1. The van der Waals surface area contributed by atoms with Crippen LogP contribution in [0.1, 0.15) is 12.7 Å². The minimum Gasteiger partial charge on any atom is -0.467 e. The van der Waals surface area contributed by atoms with E-state index in [2.05, 4.69) is 15.0 Å². The number of nitrogens with zero attached hydrogens (tertiary/aromatic N) is 3. The van der Waals surface area contributed by atoms with E-state index < -0.39 is 0 Å². The number of ether oxygens (including phenoxy) is 2. The largest absolute Gasteiger partial charge is 0.467 e. The van der Waals surface area contributed by atoms with Crippen LogP contribution in [0.5, 0.6) is 12.0 Å². The molecule has 78 valence electrons. The summed E-state index contributed by atoms with van der Waals surface area (Å²) >= 11 is 0. The van der Waals surface area contributed by atoms with E-state index in [-0.39, 0.29) is 18.1 Å². The first kappa shape index (κ1) is 10.6. The third kappa shape index (κ3) is 2.81. The molecule has 0 saturated carbocycles. The Bertz CT molecular complexity index is 281. The molecule has 6 heteroatoms. The van der Waals surface area contributed by atoms with Crippen LogP contribution < -0.4 is 15.2 Å². The first-order chi connectivity index (χ1) is 6.65. The molecule has 0 aliphatic carbocycles. The zero-order valence-electron chi connectivity index (χ0n) is 8.52. The summed E-state index contributed by atoms with van der Waals surface area (Å²) in [6.45, 7) is 1.88. The Morgan fingerprint density at radius 1 is 1.14 bits per heavy atom. The van der Waals surface area contributed by atoms with Crippen molar-refractivity contribution in [1.82, 2.24) is 15.0 Å². The van der Waals surface area contributed by atoms with Crippen LogP contribution in [0, 0.1) is 0 Å². The quantitative estimate of drug-likeness (QED) is 0.720. The van der Waals surface area contributed by atoms with Crippen LogP contribution in [0.15, 0.2) is 0 Å². The minimum absolute atomic E-state index is 0.00758. The summed E-state index contributed by atoms with van der Waals surface area (Å²) in [6.07, 6.45) is 0.565.